The molecule has 42 heavy (non-hydrogen) atoms. The lowest BCUT2D eigenvalue weighted by Crippen LogP contribution is -2.69. The first kappa shape index (κ1) is 28.7. The molecule has 4 aliphatic rings. The van der Waals surface area contributed by atoms with Gasteiger partial charge in [-0.25, -0.2) is 0 Å². The highest BCUT2D eigenvalue weighted by Crippen LogP contribution is 2.63. The van der Waals surface area contributed by atoms with Crippen LogP contribution in [-0.4, -0.2) is 84.0 Å². The zero-order valence-corrected chi connectivity index (χ0v) is 25.1. The molecule has 2 aromatic rings. The molecule has 12 heteroatoms. The first-order valence-corrected chi connectivity index (χ1v) is 15.1. The molecule has 2 bridgehead atoms. The molecule has 224 valence electrons. The summed E-state index contributed by atoms with van der Waals surface area (Å²) in [5.74, 6) is 2.07. The van der Waals surface area contributed by atoms with Crippen LogP contribution in [0.25, 0.3) is 0 Å². The van der Waals surface area contributed by atoms with Gasteiger partial charge in [-0.2, -0.15) is 17.0 Å². The lowest BCUT2D eigenvalue weighted by Gasteiger charge is -2.61. The van der Waals surface area contributed by atoms with Gasteiger partial charge in [-0.1, -0.05) is 6.07 Å². The van der Waals surface area contributed by atoms with Gasteiger partial charge >= 0.3 is 0 Å². The molecule has 1 fully saturated rings. The van der Waals surface area contributed by atoms with Gasteiger partial charge in [-0.15, -0.1) is 0 Å². The minimum absolute atomic E-state index is 0.00947. The van der Waals surface area contributed by atoms with Crippen LogP contribution < -0.4 is 19.9 Å². The number of methoxy groups -OCH3 is 1. The van der Waals surface area contributed by atoms with E-state index in [0.29, 0.717) is 52.6 Å². The van der Waals surface area contributed by atoms with Gasteiger partial charge in [-0.3, -0.25) is 14.6 Å². The predicted octanol–water partition coefficient (Wildman–Crippen LogP) is 2.98. The molecule has 4 N–H and O–H groups in total. The summed E-state index contributed by atoms with van der Waals surface area (Å²) in [6.45, 7) is 5.93. The number of hydrogen-bond donors (Lipinski definition) is 3. The SMILES string of the molecule is COc1c(C)cc2c(c1O)[C@H]1C3[C@H](SC[C@@H](C)N)c4c(O)c(C)c5c(c4[C@H](COC=O)N3[C@@H](C#N)[C@@H](C2)N1C)OCO5. The average molecular weight is 597 g/mol. The summed E-state index contributed by atoms with van der Waals surface area (Å²) in [6.07, 6.45) is 0.533. The minimum atomic E-state index is -0.622. The van der Waals surface area contributed by atoms with Crippen molar-refractivity contribution in [2.24, 2.45) is 5.73 Å². The standard InChI is InChI=1S/C30H36N4O7S/c1-13-6-16-7-17-18(8-31)34-19(9-39-11-35)21-22(25(36)15(3)28-29(21)41-12-40-28)30(42-10-14(2)32)24(34)23(33(17)4)20(16)26(37)27(13)38-5/h6,11,14,17-19,23-24,30,36-37H,7,9-10,12,32H2,1-5H3/t14-,17-,18+,19+,23+,24?,30-/m1/s1. The Balaban J connectivity index is 1.67. The summed E-state index contributed by atoms with van der Waals surface area (Å²) in [4.78, 5) is 15.8. The van der Waals surface area contributed by atoms with Crippen LogP contribution in [0.15, 0.2) is 6.07 Å². The smallest absolute Gasteiger partial charge is 0.293 e. The quantitative estimate of drug-likeness (QED) is 0.403. The maximum Gasteiger partial charge on any atom is 0.293 e. The highest BCUT2D eigenvalue weighted by molar-refractivity contribution is 7.99. The molecule has 2 aromatic carbocycles. The number of thioether (sulfide) groups is 1. The number of carbonyl (C=O) groups excluding carboxylic acids is 1. The van der Waals surface area contributed by atoms with Gasteiger partial charge in [0.15, 0.2) is 23.0 Å². The summed E-state index contributed by atoms with van der Waals surface area (Å²) >= 11 is 1.60. The maximum atomic E-state index is 11.8. The van der Waals surface area contributed by atoms with Gasteiger partial charge in [0.1, 0.15) is 18.4 Å². The monoisotopic (exact) mass is 596 g/mol. The number of ether oxygens (including phenoxy) is 4. The van der Waals surface area contributed by atoms with Crippen molar-refractivity contribution in [1.82, 2.24) is 9.80 Å². The van der Waals surface area contributed by atoms with E-state index in [9.17, 15) is 20.3 Å². The summed E-state index contributed by atoms with van der Waals surface area (Å²) in [5, 5.41) is 33.8. The fourth-order valence-corrected chi connectivity index (χ4v) is 8.97. The number of rotatable bonds is 7. The molecule has 11 nitrogen and oxygen atoms in total. The summed E-state index contributed by atoms with van der Waals surface area (Å²) < 4.78 is 22.8. The number of aromatic hydroxyl groups is 2. The Kier molecular flexibility index (Phi) is 7.33. The van der Waals surface area contributed by atoms with E-state index in [1.807, 2.05) is 27.0 Å². The van der Waals surface area contributed by atoms with Crippen molar-refractivity contribution in [2.75, 3.05) is 33.3 Å². The van der Waals surface area contributed by atoms with Crippen molar-refractivity contribution in [1.29, 1.82) is 5.26 Å². The van der Waals surface area contributed by atoms with E-state index in [1.165, 1.54) is 7.11 Å². The van der Waals surface area contributed by atoms with Crippen molar-refractivity contribution in [3.8, 4) is 34.8 Å². The predicted molar refractivity (Wildman–Crippen MR) is 155 cm³/mol. The molecular weight excluding hydrogens is 560 g/mol. The normalized spacial score (nSPS) is 28.2. The Bertz CT molecular complexity index is 1480. The molecule has 0 aliphatic carbocycles. The molecule has 6 rings (SSSR count). The third-order valence-electron chi connectivity index (χ3n) is 9.19. The number of benzene rings is 2. The van der Waals surface area contributed by atoms with Gasteiger partial charge in [0, 0.05) is 46.1 Å². The van der Waals surface area contributed by atoms with Crippen LogP contribution in [0.5, 0.6) is 28.7 Å². The number of piperazine rings is 1. The number of nitrogens with zero attached hydrogens (tertiary/aromatic N) is 3. The van der Waals surface area contributed by atoms with E-state index in [1.54, 1.807) is 18.7 Å². The van der Waals surface area contributed by atoms with Crippen molar-refractivity contribution < 1.29 is 34.0 Å². The van der Waals surface area contributed by atoms with E-state index in [-0.39, 0.29) is 43.0 Å². The van der Waals surface area contributed by atoms with Crippen LogP contribution >= 0.6 is 11.8 Å². The Labute approximate surface area is 249 Å². The lowest BCUT2D eigenvalue weighted by atomic mass is 9.71. The summed E-state index contributed by atoms with van der Waals surface area (Å²) in [5.41, 5.74) is 10.6. The van der Waals surface area contributed by atoms with Crippen LogP contribution in [0.2, 0.25) is 0 Å². The second-order valence-electron chi connectivity index (χ2n) is 11.6. The van der Waals surface area contributed by atoms with Crippen molar-refractivity contribution >= 4 is 18.2 Å². The zero-order valence-electron chi connectivity index (χ0n) is 24.3. The topological polar surface area (TPSA) is 151 Å². The molecule has 4 heterocycles. The average Bonchev–Trinajstić information content (AvgIpc) is 3.44. The van der Waals surface area contributed by atoms with E-state index < -0.39 is 23.4 Å². The highest BCUT2D eigenvalue weighted by atomic mass is 32.2. The molecule has 1 unspecified atom stereocenters. The number of fused-ring (bicyclic) bond motifs is 9. The van der Waals surface area contributed by atoms with Crippen LogP contribution in [0.1, 0.15) is 57.6 Å². The molecule has 0 saturated carbocycles. The fraction of sp³-hybridized carbons (Fsp3) is 0.533. The van der Waals surface area contributed by atoms with Gasteiger partial charge < -0.3 is 34.9 Å². The summed E-state index contributed by atoms with van der Waals surface area (Å²) in [7, 11) is 3.52. The zero-order chi connectivity index (χ0) is 30.0. The molecular formula is C30H36N4O7S. The van der Waals surface area contributed by atoms with E-state index >= 15 is 0 Å². The molecule has 0 aromatic heterocycles. The first-order chi connectivity index (χ1) is 20.2. The molecule has 4 aliphatic heterocycles. The Morgan fingerprint density at radius 1 is 1.24 bits per heavy atom. The second-order valence-corrected chi connectivity index (χ2v) is 12.8. The largest absolute Gasteiger partial charge is 0.507 e. The van der Waals surface area contributed by atoms with E-state index in [4.69, 9.17) is 24.7 Å². The number of likely N-dealkylation sites (N-methyl/N-ethyl adjacent to an activating group) is 1. The number of phenolic OH excluding ortho intramolecular Hbond substituents is 2. The van der Waals surface area contributed by atoms with E-state index in [0.717, 1.165) is 16.7 Å². The number of phenols is 2. The fourth-order valence-electron chi connectivity index (χ4n) is 7.56. The molecule has 0 spiro atoms. The minimum Gasteiger partial charge on any atom is -0.507 e. The first-order valence-electron chi connectivity index (χ1n) is 14.0. The van der Waals surface area contributed by atoms with Gasteiger partial charge in [0.25, 0.3) is 6.47 Å². The molecule has 7 atom stereocenters. The Morgan fingerprint density at radius 3 is 2.64 bits per heavy atom. The highest BCUT2D eigenvalue weighted by Gasteiger charge is 2.60. The Morgan fingerprint density at radius 2 is 1.98 bits per heavy atom. The lowest BCUT2D eigenvalue weighted by molar-refractivity contribution is -0.134. The van der Waals surface area contributed by atoms with Gasteiger partial charge in [0.2, 0.25) is 6.79 Å². The number of nitrogens with two attached hydrogens (primary N) is 1. The number of nitriles is 1. The van der Waals surface area contributed by atoms with Crippen LogP contribution in [0.3, 0.4) is 0 Å². The van der Waals surface area contributed by atoms with E-state index in [2.05, 4.69) is 15.9 Å². The molecule has 1 saturated heterocycles. The van der Waals surface area contributed by atoms with Crippen molar-refractivity contribution in [3.63, 3.8) is 0 Å². The maximum absolute atomic E-state index is 11.8. The Hall–Kier alpha value is -3.37. The molecule has 0 radical (unpaired) electrons. The van der Waals surface area contributed by atoms with Crippen LogP contribution in [0, 0.1) is 25.2 Å². The number of aryl methyl sites for hydroxylation is 1. The van der Waals surface area contributed by atoms with Gasteiger partial charge in [-0.05, 0) is 45.4 Å². The van der Waals surface area contributed by atoms with Crippen molar-refractivity contribution in [2.45, 2.75) is 68.7 Å². The third kappa shape index (κ3) is 4.01. The molecule has 0 amide bonds. The number of hydrogen-bond acceptors (Lipinski definition) is 12. The number of carbonyl (C=O) groups is 1. The van der Waals surface area contributed by atoms with Gasteiger partial charge in [0.05, 0.1) is 30.5 Å². The summed E-state index contributed by atoms with van der Waals surface area (Å²) in [6, 6.07) is 2.19. The van der Waals surface area contributed by atoms with Crippen molar-refractivity contribution in [3.05, 3.63) is 39.4 Å². The van der Waals surface area contributed by atoms with Crippen LogP contribution in [-0.2, 0) is 16.0 Å². The third-order valence-corrected chi connectivity index (χ3v) is 10.8. The second kappa shape index (κ2) is 10.7. The van der Waals surface area contributed by atoms with Crippen LogP contribution in [0.4, 0.5) is 0 Å².